The number of rotatable bonds is 5. The Morgan fingerprint density at radius 2 is 2.22 bits per heavy atom. The van der Waals surface area contributed by atoms with Crippen LogP contribution in [0.4, 0.5) is 4.39 Å². The second-order valence-electron chi connectivity index (χ2n) is 4.60. The number of nitrogens with one attached hydrogen (secondary N) is 1. The first kappa shape index (κ1) is 15.5. The van der Waals surface area contributed by atoms with Crippen LogP contribution in [0.15, 0.2) is 40.8 Å². The Balaban J connectivity index is 1.98. The van der Waals surface area contributed by atoms with Gasteiger partial charge in [0.25, 0.3) is 5.91 Å². The van der Waals surface area contributed by atoms with Crippen LogP contribution in [0, 0.1) is 5.82 Å². The molecule has 8 heteroatoms. The molecule has 1 N–H and O–H groups in total. The summed E-state index contributed by atoms with van der Waals surface area (Å²) in [6, 6.07) is 5.90. The van der Waals surface area contributed by atoms with E-state index in [1.807, 2.05) is 5.38 Å². The van der Waals surface area contributed by atoms with Gasteiger partial charge in [0, 0.05) is 23.7 Å². The number of fused-ring (bicyclic) bond motifs is 1. The van der Waals surface area contributed by atoms with E-state index < -0.39 is 0 Å². The summed E-state index contributed by atoms with van der Waals surface area (Å²) < 4.78 is 14.8. The Kier molecular flexibility index (Phi) is 4.57. The van der Waals surface area contributed by atoms with Crippen molar-refractivity contribution in [3.8, 4) is 11.3 Å². The topological polar surface area (TPSA) is 58.8 Å². The number of isothiocyanates is 1. The number of aliphatic imine (C=N–C) groups is 1. The molecule has 0 atom stereocenters. The van der Waals surface area contributed by atoms with Crippen molar-refractivity contribution in [2.75, 3.05) is 13.1 Å². The Bertz CT molecular complexity index is 894. The smallest absolute Gasteiger partial charge is 0.270 e. The van der Waals surface area contributed by atoms with Gasteiger partial charge in [-0.2, -0.15) is 0 Å². The van der Waals surface area contributed by atoms with Gasteiger partial charge in [-0.25, -0.2) is 14.4 Å². The average Bonchev–Trinajstić information content (AvgIpc) is 3.12. The number of imidazole rings is 1. The molecule has 5 nitrogen and oxygen atoms in total. The van der Waals surface area contributed by atoms with Crippen LogP contribution in [0.5, 0.6) is 0 Å². The summed E-state index contributed by atoms with van der Waals surface area (Å²) >= 11 is 5.91. The second-order valence-corrected chi connectivity index (χ2v) is 5.66. The van der Waals surface area contributed by atoms with E-state index in [0.29, 0.717) is 35.0 Å². The summed E-state index contributed by atoms with van der Waals surface area (Å²) in [5.41, 5.74) is 1.62. The highest BCUT2D eigenvalue weighted by Gasteiger charge is 2.21. The molecule has 2 aromatic heterocycles. The van der Waals surface area contributed by atoms with Crippen LogP contribution in [-0.2, 0) is 0 Å². The van der Waals surface area contributed by atoms with Gasteiger partial charge in [0.05, 0.1) is 11.7 Å². The number of thiazole rings is 1. The zero-order valence-corrected chi connectivity index (χ0v) is 13.5. The molecule has 3 aromatic rings. The van der Waals surface area contributed by atoms with Crippen LogP contribution in [-0.4, -0.2) is 33.5 Å². The van der Waals surface area contributed by atoms with Gasteiger partial charge >= 0.3 is 0 Å². The normalized spacial score (nSPS) is 10.5. The minimum atomic E-state index is -0.334. The first-order chi connectivity index (χ1) is 11.2. The van der Waals surface area contributed by atoms with Crippen molar-refractivity contribution < 1.29 is 9.18 Å². The molecular weight excluding hydrogens is 335 g/mol. The van der Waals surface area contributed by atoms with Crippen LogP contribution in [0.1, 0.15) is 10.5 Å². The predicted molar refractivity (Wildman–Crippen MR) is 90.7 cm³/mol. The van der Waals surface area contributed by atoms with Crippen molar-refractivity contribution in [1.29, 1.82) is 0 Å². The summed E-state index contributed by atoms with van der Waals surface area (Å²) in [5, 5.41) is 6.88. The van der Waals surface area contributed by atoms with Gasteiger partial charge < -0.3 is 5.32 Å². The molecule has 2 heterocycles. The van der Waals surface area contributed by atoms with Crippen molar-refractivity contribution in [2.24, 2.45) is 4.99 Å². The minimum absolute atomic E-state index is 0.269. The Labute approximate surface area is 140 Å². The number of carbonyl (C=O) groups excluding carboxylic acids is 1. The van der Waals surface area contributed by atoms with Gasteiger partial charge in [-0.3, -0.25) is 9.20 Å². The average molecular weight is 346 g/mol. The summed E-state index contributed by atoms with van der Waals surface area (Å²) in [4.78, 5) is 21.5. The molecule has 0 saturated carbocycles. The molecule has 0 fully saturated rings. The molecule has 0 saturated heterocycles. The number of thiocarbonyl (C=S) groups is 1. The highest BCUT2D eigenvalue weighted by Crippen LogP contribution is 2.26. The fourth-order valence-electron chi connectivity index (χ4n) is 2.17. The van der Waals surface area contributed by atoms with E-state index in [2.05, 4.69) is 32.7 Å². The summed E-state index contributed by atoms with van der Waals surface area (Å²) in [6.45, 7) is 0.718. The molecule has 116 valence electrons. The third-order valence-corrected chi connectivity index (χ3v) is 4.05. The van der Waals surface area contributed by atoms with Crippen LogP contribution < -0.4 is 5.32 Å². The maximum atomic E-state index is 13.1. The summed E-state index contributed by atoms with van der Waals surface area (Å²) in [7, 11) is 0. The number of benzene rings is 1. The van der Waals surface area contributed by atoms with Crippen molar-refractivity contribution >= 4 is 39.6 Å². The zero-order valence-electron chi connectivity index (χ0n) is 11.8. The molecule has 1 aromatic carbocycles. The minimum Gasteiger partial charge on any atom is -0.349 e. The van der Waals surface area contributed by atoms with Gasteiger partial charge in [0.1, 0.15) is 17.2 Å². The van der Waals surface area contributed by atoms with E-state index in [1.54, 1.807) is 22.7 Å². The molecule has 3 rings (SSSR count). The van der Waals surface area contributed by atoms with Gasteiger partial charge in [-0.15, -0.1) is 11.3 Å². The lowest BCUT2D eigenvalue weighted by atomic mass is 10.1. The Morgan fingerprint density at radius 3 is 2.96 bits per heavy atom. The van der Waals surface area contributed by atoms with Gasteiger partial charge in [0.2, 0.25) is 0 Å². The number of hydrogen-bond donors (Lipinski definition) is 1. The number of halogens is 1. The first-order valence-electron chi connectivity index (χ1n) is 6.74. The van der Waals surface area contributed by atoms with Gasteiger partial charge in [-0.05, 0) is 36.5 Å². The molecular formula is C15H11FN4OS2. The van der Waals surface area contributed by atoms with E-state index in [1.165, 1.54) is 23.5 Å². The number of carbonyl (C=O) groups is 1. The standard InChI is InChI=1S/C15H11FN4OS2/c16-11-3-1-10(2-4-11)12-13(14(21)18-6-5-17-9-22)20-7-8-23-15(20)19-12/h1-4,7-8H,5-6H2,(H,18,21). The van der Waals surface area contributed by atoms with E-state index in [4.69, 9.17) is 0 Å². The summed E-state index contributed by atoms with van der Waals surface area (Å²) in [6.07, 6.45) is 1.78. The maximum absolute atomic E-state index is 13.1. The molecule has 1 amide bonds. The molecule has 0 radical (unpaired) electrons. The number of hydrogen-bond acceptors (Lipinski definition) is 5. The lowest BCUT2D eigenvalue weighted by Crippen LogP contribution is -2.27. The Hall–Kier alpha value is -2.41. The van der Waals surface area contributed by atoms with E-state index >= 15 is 0 Å². The van der Waals surface area contributed by atoms with Gasteiger partial charge in [-0.1, -0.05) is 0 Å². The molecule has 0 spiro atoms. The van der Waals surface area contributed by atoms with Gasteiger partial charge in [0.15, 0.2) is 4.96 Å². The second kappa shape index (κ2) is 6.78. The van der Waals surface area contributed by atoms with Crippen LogP contribution in [0.2, 0.25) is 0 Å². The van der Waals surface area contributed by atoms with E-state index in [-0.39, 0.29) is 11.7 Å². The third-order valence-electron chi connectivity index (χ3n) is 3.17. The van der Waals surface area contributed by atoms with Crippen molar-refractivity contribution in [1.82, 2.24) is 14.7 Å². The molecule has 0 aliphatic rings. The molecule has 0 unspecified atom stereocenters. The van der Waals surface area contributed by atoms with Crippen LogP contribution >= 0.6 is 23.6 Å². The monoisotopic (exact) mass is 346 g/mol. The first-order valence-corrected chi connectivity index (χ1v) is 8.03. The zero-order chi connectivity index (χ0) is 16.2. The van der Waals surface area contributed by atoms with E-state index in [0.717, 1.165) is 0 Å². The summed E-state index contributed by atoms with van der Waals surface area (Å²) in [5.74, 6) is -0.603. The number of aromatic nitrogens is 2. The Morgan fingerprint density at radius 1 is 1.43 bits per heavy atom. The van der Waals surface area contributed by atoms with Crippen LogP contribution in [0.25, 0.3) is 16.2 Å². The maximum Gasteiger partial charge on any atom is 0.270 e. The fraction of sp³-hybridized carbons (Fsp3) is 0.133. The largest absolute Gasteiger partial charge is 0.349 e. The lowest BCUT2D eigenvalue weighted by Gasteiger charge is -2.05. The highest BCUT2D eigenvalue weighted by molar-refractivity contribution is 7.78. The molecule has 23 heavy (non-hydrogen) atoms. The van der Waals surface area contributed by atoms with Crippen molar-refractivity contribution in [3.63, 3.8) is 0 Å². The predicted octanol–water partition coefficient (Wildman–Crippen LogP) is 3.03. The van der Waals surface area contributed by atoms with E-state index in [9.17, 15) is 9.18 Å². The van der Waals surface area contributed by atoms with Crippen molar-refractivity contribution in [2.45, 2.75) is 0 Å². The highest BCUT2D eigenvalue weighted by atomic mass is 32.1. The SMILES string of the molecule is O=C(NCCN=C=S)c1c(-c2ccc(F)cc2)nc2sccn12. The third kappa shape index (κ3) is 3.19. The number of nitrogens with zero attached hydrogens (tertiary/aromatic N) is 3. The number of amides is 1. The fourth-order valence-corrected chi connectivity index (χ4v) is 2.97. The van der Waals surface area contributed by atoms with Crippen LogP contribution in [0.3, 0.4) is 0 Å². The molecule has 0 bridgehead atoms. The molecule has 0 aliphatic heterocycles. The quantitative estimate of drug-likeness (QED) is 0.439. The lowest BCUT2D eigenvalue weighted by molar-refractivity contribution is 0.0950. The molecule has 0 aliphatic carbocycles. The van der Waals surface area contributed by atoms with Crippen molar-refractivity contribution in [3.05, 3.63) is 47.4 Å².